The van der Waals surface area contributed by atoms with Gasteiger partial charge in [0.1, 0.15) is 18.3 Å². The predicted octanol–water partition coefficient (Wildman–Crippen LogP) is 4.42. The standard InChI is InChI=1S/C28H38N4O2/c1-3-5-6-13-28-15-14-27(34,12-4-2)19-24(28)10-8-22-18-23(9-11-25(22)28)26(33)30-16-7-17-32-21-29-20-31-32/h9,11,18,20-21,24,34H,3,5-8,10,13-17,19H2,1-2H3,(H,30,33)/t24-,27-,28-/m1/s1. The van der Waals surface area contributed by atoms with Gasteiger partial charge in [-0.05, 0) is 86.5 Å². The van der Waals surface area contributed by atoms with E-state index in [4.69, 9.17) is 0 Å². The van der Waals surface area contributed by atoms with Crippen LogP contribution in [0.4, 0.5) is 0 Å². The van der Waals surface area contributed by atoms with E-state index in [0.29, 0.717) is 12.5 Å². The minimum atomic E-state index is -0.850. The number of fused-ring (bicyclic) bond motifs is 3. The summed E-state index contributed by atoms with van der Waals surface area (Å²) in [5.74, 6) is 6.48. The third-order valence-electron chi connectivity index (χ3n) is 7.92. The van der Waals surface area contributed by atoms with Crippen molar-refractivity contribution in [1.29, 1.82) is 0 Å². The quantitative estimate of drug-likeness (QED) is 0.427. The van der Waals surface area contributed by atoms with E-state index in [1.807, 2.05) is 13.0 Å². The minimum Gasteiger partial charge on any atom is -0.378 e. The molecule has 2 N–H and O–H groups in total. The lowest BCUT2D eigenvalue weighted by Crippen LogP contribution is -2.49. The number of rotatable bonds is 9. The zero-order chi connectivity index (χ0) is 24.0. The van der Waals surface area contributed by atoms with Gasteiger partial charge >= 0.3 is 0 Å². The van der Waals surface area contributed by atoms with Crippen LogP contribution in [0.5, 0.6) is 0 Å². The average molecular weight is 463 g/mol. The summed E-state index contributed by atoms with van der Waals surface area (Å²) in [5, 5.41) is 18.2. The average Bonchev–Trinajstić information content (AvgIpc) is 3.35. The summed E-state index contributed by atoms with van der Waals surface area (Å²) >= 11 is 0. The van der Waals surface area contributed by atoms with Crippen LogP contribution in [-0.2, 0) is 18.4 Å². The molecule has 2 aliphatic rings. The third-order valence-corrected chi connectivity index (χ3v) is 7.92. The molecule has 0 bridgehead atoms. The maximum atomic E-state index is 12.8. The van der Waals surface area contributed by atoms with Gasteiger partial charge in [-0.25, -0.2) is 4.98 Å². The van der Waals surface area contributed by atoms with E-state index in [1.54, 1.807) is 11.0 Å². The molecule has 1 fully saturated rings. The van der Waals surface area contributed by atoms with Gasteiger partial charge in [0, 0.05) is 18.7 Å². The fourth-order valence-corrected chi connectivity index (χ4v) is 6.22. The number of amides is 1. The molecule has 2 aromatic rings. The number of unbranched alkanes of at least 4 members (excludes halogenated alkanes) is 2. The van der Waals surface area contributed by atoms with Gasteiger partial charge in [0.05, 0.1) is 0 Å². The van der Waals surface area contributed by atoms with E-state index in [-0.39, 0.29) is 11.3 Å². The molecule has 6 nitrogen and oxygen atoms in total. The molecule has 1 amide bonds. The van der Waals surface area contributed by atoms with E-state index < -0.39 is 5.60 Å². The highest BCUT2D eigenvalue weighted by molar-refractivity contribution is 5.94. The molecule has 6 heteroatoms. The van der Waals surface area contributed by atoms with Gasteiger partial charge in [-0.1, -0.05) is 38.2 Å². The van der Waals surface area contributed by atoms with Crippen LogP contribution in [0, 0.1) is 17.8 Å². The topological polar surface area (TPSA) is 80.0 Å². The summed E-state index contributed by atoms with van der Waals surface area (Å²) in [6, 6.07) is 6.34. The van der Waals surface area contributed by atoms with E-state index in [2.05, 4.69) is 46.3 Å². The number of aliphatic hydroxyl groups is 1. The van der Waals surface area contributed by atoms with Crippen LogP contribution in [0.25, 0.3) is 0 Å². The molecular formula is C28H38N4O2. The summed E-state index contributed by atoms with van der Waals surface area (Å²) < 4.78 is 1.77. The Morgan fingerprint density at radius 1 is 1.29 bits per heavy atom. The molecule has 0 saturated heterocycles. The highest BCUT2D eigenvalue weighted by Crippen LogP contribution is 2.55. The number of aromatic nitrogens is 3. The van der Waals surface area contributed by atoms with Crippen LogP contribution in [0.3, 0.4) is 0 Å². The first kappa shape index (κ1) is 24.5. The number of hydrogen-bond acceptors (Lipinski definition) is 4. The number of nitrogens with zero attached hydrogens (tertiary/aromatic N) is 3. The Kier molecular flexibility index (Phi) is 7.73. The Bertz CT molecular complexity index is 1040. The predicted molar refractivity (Wildman–Crippen MR) is 133 cm³/mol. The largest absolute Gasteiger partial charge is 0.378 e. The van der Waals surface area contributed by atoms with Crippen molar-refractivity contribution >= 4 is 5.91 Å². The zero-order valence-electron chi connectivity index (χ0n) is 20.6. The van der Waals surface area contributed by atoms with Gasteiger partial charge in [-0.3, -0.25) is 9.48 Å². The number of benzene rings is 1. The van der Waals surface area contributed by atoms with Crippen molar-refractivity contribution < 1.29 is 9.90 Å². The Balaban J connectivity index is 1.49. The van der Waals surface area contributed by atoms with E-state index in [1.165, 1.54) is 36.7 Å². The van der Waals surface area contributed by atoms with Gasteiger partial charge in [0.2, 0.25) is 0 Å². The zero-order valence-corrected chi connectivity index (χ0v) is 20.6. The molecule has 0 radical (unpaired) electrons. The summed E-state index contributed by atoms with van der Waals surface area (Å²) in [6.07, 6.45) is 13.3. The van der Waals surface area contributed by atoms with Crippen molar-refractivity contribution in [3.05, 3.63) is 47.5 Å². The van der Waals surface area contributed by atoms with Crippen molar-refractivity contribution in [3.63, 3.8) is 0 Å². The molecule has 2 aliphatic carbocycles. The molecule has 1 heterocycles. The molecule has 34 heavy (non-hydrogen) atoms. The van der Waals surface area contributed by atoms with E-state index in [9.17, 15) is 9.90 Å². The summed E-state index contributed by atoms with van der Waals surface area (Å²) in [6.45, 7) is 5.41. The van der Waals surface area contributed by atoms with Crippen molar-refractivity contribution in [1.82, 2.24) is 20.1 Å². The Hall–Kier alpha value is -2.65. The molecule has 1 saturated carbocycles. The van der Waals surface area contributed by atoms with Crippen LogP contribution in [0.15, 0.2) is 30.9 Å². The molecule has 0 aliphatic heterocycles. The number of aryl methyl sites for hydroxylation is 2. The van der Waals surface area contributed by atoms with Gasteiger partial charge in [-0.2, -0.15) is 5.10 Å². The second-order valence-corrected chi connectivity index (χ2v) is 10.1. The highest BCUT2D eigenvalue weighted by Gasteiger charge is 2.50. The number of nitrogens with one attached hydrogen (secondary N) is 1. The van der Waals surface area contributed by atoms with Gasteiger partial charge in [0.15, 0.2) is 0 Å². The minimum absolute atomic E-state index is 0.0141. The third kappa shape index (κ3) is 5.20. The van der Waals surface area contributed by atoms with Crippen LogP contribution in [0.2, 0.25) is 0 Å². The van der Waals surface area contributed by atoms with E-state index in [0.717, 1.165) is 57.1 Å². The number of carbonyl (C=O) groups is 1. The Labute approximate surface area is 203 Å². The maximum Gasteiger partial charge on any atom is 0.251 e. The lowest BCUT2D eigenvalue weighted by molar-refractivity contribution is -0.0114. The number of hydrogen-bond donors (Lipinski definition) is 2. The van der Waals surface area contributed by atoms with Crippen molar-refractivity contribution in [3.8, 4) is 11.8 Å². The van der Waals surface area contributed by atoms with Crippen LogP contribution < -0.4 is 5.32 Å². The van der Waals surface area contributed by atoms with Gasteiger partial charge in [-0.15, -0.1) is 5.92 Å². The first-order valence-corrected chi connectivity index (χ1v) is 12.9. The molecule has 0 unspecified atom stereocenters. The monoisotopic (exact) mass is 462 g/mol. The maximum absolute atomic E-state index is 12.8. The molecule has 0 spiro atoms. The van der Waals surface area contributed by atoms with Crippen LogP contribution in [0.1, 0.15) is 93.1 Å². The molecule has 4 rings (SSSR count). The van der Waals surface area contributed by atoms with Crippen LogP contribution >= 0.6 is 0 Å². The normalized spacial score (nSPS) is 25.6. The molecule has 1 aromatic heterocycles. The van der Waals surface area contributed by atoms with Crippen molar-refractivity contribution in [2.75, 3.05) is 6.54 Å². The van der Waals surface area contributed by atoms with Crippen molar-refractivity contribution in [2.24, 2.45) is 5.92 Å². The Morgan fingerprint density at radius 3 is 2.94 bits per heavy atom. The molecule has 1 aromatic carbocycles. The van der Waals surface area contributed by atoms with Gasteiger partial charge in [0.25, 0.3) is 5.91 Å². The summed E-state index contributed by atoms with van der Waals surface area (Å²) in [5.41, 5.74) is 2.71. The lowest BCUT2D eigenvalue weighted by Gasteiger charge is -2.52. The van der Waals surface area contributed by atoms with E-state index >= 15 is 0 Å². The Morgan fingerprint density at radius 2 is 2.18 bits per heavy atom. The molecular weight excluding hydrogens is 424 g/mol. The van der Waals surface area contributed by atoms with Gasteiger partial charge < -0.3 is 10.4 Å². The summed E-state index contributed by atoms with van der Waals surface area (Å²) in [4.78, 5) is 16.8. The molecule has 3 atom stereocenters. The fourth-order valence-electron chi connectivity index (χ4n) is 6.22. The SMILES string of the molecule is CC#C[C@@]1(O)CC[C@@]2(CCCCC)c3ccc(C(=O)NCCCn4cncn4)cc3CC[C@@H]2C1. The second-order valence-electron chi connectivity index (χ2n) is 10.1. The first-order valence-electron chi connectivity index (χ1n) is 12.9. The highest BCUT2D eigenvalue weighted by atomic mass is 16.3. The fraction of sp³-hybridized carbons (Fsp3) is 0.607. The number of carbonyl (C=O) groups excluding carboxylic acids is 1. The van der Waals surface area contributed by atoms with Crippen molar-refractivity contribution in [2.45, 2.75) is 95.6 Å². The lowest BCUT2D eigenvalue weighted by atomic mass is 9.53. The smallest absolute Gasteiger partial charge is 0.251 e. The first-order chi connectivity index (χ1) is 16.5. The second kappa shape index (κ2) is 10.7. The molecule has 182 valence electrons. The summed E-state index contributed by atoms with van der Waals surface area (Å²) in [7, 11) is 0. The van der Waals surface area contributed by atoms with Crippen LogP contribution in [-0.4, -0.2) is 37.9 Å².